The van der Waals surface area contributed by atoms with Crippen LogP contribution in [0.25, 0.3) is 11.5 Å². The molecule has 3 aromatic rings. The molecule has 0 saturated carbocycles. The van der Waals surface area contributed by atoms with E-state index in [0.717, 1.165) is 18.7 Å². The number of aliphatic hydroxyl groups excluding tert-OH is 1. The third-order valence-corrected chi connectivity index (χ3v) is 4.75. The Labute approximate surface area is 145 Å². The molecule has 1 aromatic carbocycles. The number of aromatic nitrogens is 4. The first-order valence-electron chi connectivity index (χ1n) is 8.42. The molecular weight excluding hydrogens is 318 g/mol. The molecule has 1 aliphatic rings. The Kier molecular flexibility index (Phi) is 4.33. The first kappa shape index (κ1) is 16.0. The summed E-state index contributed by atoms with van der Waals surface area (Å²) in [5, 5.41) is 22.3. The minimum Gasteiger partial charge on any atom is -0.419 e. The fourth-order valence-corrected chi connectivity index (χ4v) is 3.49. The highest BCUT2D eigenvalue weighted by atomic mass is 16.4. The van der Waals surface area contributed by atoms with Crippen molar-refractivity contribution in [2.24, 2.45) is 13.0 Å². The molecule has 2 aromatic heterocycles. The van der Waals surface area contributed by atoms with Crippen LogP contribution in [-0.4, -0.2) is 49.7 Å². The summed E-state index contributed by atoms with van der Waals surface area (Å²) in [6, 6.07) is 9.76. The Morgan fingerprint density at radius 2 is 2.04 bits per heavy atom. The van der Waals surface area contributed by atoms with Crippen LogP contribution in [0.15, 0.2) is 47.1 Å². The molecule has 7 nitrogen and oxygen atoms in total. The summed E-state index contributed by atoms with van der Waals surface area (Å²) >= 11 is 0. The number of hydrogen-bond donors (Lipinski definition) is 1. The number of likely N-dealkylation sites (tertiary alicyclic amines) is 1. The van der Waals surface area contributed by atoms with Crippen LogP contribution in [0.2, 0.25) is 0 Å². The summed E-state index contributed by atoms with van der Waals surface area (Å²) < 4.78 is 7.60. The lowest BCUT2D eigenvalue weighted by atomic mass is 9.92. The summed E-state index contributed by atoms with van der Waals surface area (Å²) in [7, 11) is 1.91. The van der Waals surface area contributed by atoms with E-state index in [4.69, 9.17) is 4.42 Å². The molecule has 1 aliphatic heterocycles. The van der Waals surface area contributed by atoms with Crippen LogP contribution in [0.1, 0.15) is 17.4 Å². The first-order chi connectivity index (χ1) is 12.2. The van der Waals surface area contributed by atoms with Gasteiger partial charge in [-0.05, 0) is 17.7 Å². The Morgan fingerprint density at radius 1 is 1.20 bits per heavy atom. The Hall–Kier alpha value is -2.51. The van der Waals surface area contributed by atoms with Gasteiger partial charge in [0.05, 0.1) is 12.7 Å². The van der Waals surface area contributed by atoms with Crippen molar-refractivity contribution in [1.82, 2.24) is 24.9 Å². The van der Waals surface area contributed by atoms with Crippen molar-refractivity contribution in [3.63, 3.8) is 0 Å². The molecule has 1 saturated heterocycles. The highest BCUT2D eigenvalue weighted by molar-refractivity contribution is 5.51. The maximum atomic E-state index is 9.74. The molecule has 1 N–H and O–H groups in total. The van der Waals surface area contributed by atoms with Crippen molar-refractivity contribution in [2.45, 2.75) is 12.5 Å². The van der Waals surface area contributed by atoms with Crippen molar-refractivity contribution in [3.05, 3.63) is 54.2 Å². The molecule has 0 aliphatic carbocycles. The van der Waals surface area contributed by atoms with E-state index in [2.05, 4.69) is 20.2 Å². The van der Waals surface area contributed by atoms with Crippen LogP contribution < -0.4 is 0 Å². The van der Waals surface area contributed by atoms with Gasteiger partial charge in [0.1, 0.15) is 0 Å². The van der Waals surface area contributed by atoms with E-state index in [1.807, 2.05) is 49.8 Å². The van der Waals surface area contributed by atoms with Crippen LogP contribution >= 0.6 is 0 Å². The van der Waals surface area contributed by atoms with Crippen molar-refractivity contribution in [3.8, 4) is 11.5 Å². The van der Waals surface area contributed by atoms with Gasteiger partial charge >= 0.3 is 0 Å². The number of nitrogens with zero attached hydrogens (tertiary/aromatic N) is 5. The van der Waals surface area contributed by atoms with E-state index in [-0.39, 0.29) is 18.4 Å². The van der Waals surface area contributed by atoms with Crippen LogP contribution in [0, 0.1) is 5.92 Å². The van der Waals surface area contributed by atoms with E-state index in [1.54, 1.807) is 4.68 Å². The topological polar surface area (TPSA) is 80.2 Å². The summed E-state index contributed by atoms with van der Waals surface area (Å²) in [5.41, 5.74) is 2.09. The number of benzene rings is 1. The summed E-state index contributed by atoms with van der Waals surface area (Å²) in [5.74, 6) is 1.61. The molecule has 1 fully saturated rings. The Bertz CT molecular complexity index is 829. The molecule has 4 rings (SSSR count). The molecule has 3 heterocycles. The molecular formula is C18H21N5O2. The van der Waals surface area contributed by atoms with Gasteiger partial charge in [0.25, 0.3) is 0 Å². The number of aliphatic hydroxyl groups is 1. The fourth-order valence-electron chi connectivity index (χ4n) is 3.49. The SMILES string of the molecule is Cn1cc([C@@H]2CN(Cc3nnc(-c4ccccc4)o3)C[C@H]2CO)cn1. The van der Waals surface area contributed by atoms with E-state index in [1.165, 1.54) is 5.56 Å². The van der Waals surface area contributed by atoms with Gasteiger partial charge in [0, 0.05) is 50.3 Å². The number of rotatable bonds is 5. The van der Waals surface area contributed by atoms with Crippen molar-refractivity contribution in [1.29, 1.82) is 0 Å². The zero-order valence-corrected chi connectivity index (χ0v) is 14.1. The second-order valence-electron chi connectivity index (χ2n) is 6.56. The van der Waals surface area contributed by atoms with E-state index in [9.17, 15) is 5.11 Å². The van der Waals surface area contributed by atoms with Crippen LogP contribution in [0.3, 0.4) is 0 Å². The molecule has 0 bridgehead atoms. The Morgan fingerprint density at radius 3 is 2.76 bits per heavy atom. The molecule has 0 spiro atoms. The zero-order valence-electron chi connectivity index (χ0n) is 14.1. The van der Waals surface area contributed by atoms with Crippen molar-refractivity contribution >= 4 is 0 Å². The van der Waals surface area contributed by atoms with Crippen molar-refractivity contribution < 1.29 is 9.52 Å². The zero-order chi connectivity index (χ0) is 17.2. The second-order valence-corrected chi connectivity index (χ2v) is 6.56. The van der Waals surface area contributed by atoms with Crippen LogP contribution in [-0.2, 0) is 13.6 Å². The van der Waals surface area contributed by atoms with Crippen LogP contribution in [0.5, 0.6) is 0 Å². The normalized spacial score (nSPS) is 21.0. The lowest BCUT2D eigenvalue weighted by Crippen LogP contribution is -2.21. The molecule has 25 heavy (non-hydrogen) atoms. The summed E-state index contributed by atoms with van der Waals surface area (Å²) in [6.07, 6.45) is 3.91. The number of aryl methyl sites for hydroxylation is 1. The van der Waals surface area contributed by atoms with Gasteiger partial charge in [-0.1, -0.05) is 18.2 Å². The maximum absolute atomic E-state index is 9.74. The minimum atomic E-state index is 0.162. The predicted molar refractivity (Wildman–Crippen MR) is 91.5 cm³/mol. The predicted octanol–water partition coefficient (Wildman–Crippen LogP) is 1.68. The number of hydrogen-bond acceptors (Lipinski definition) is 6. The average Bonchev–Trinajstić information content (AvgIpc) is 3.35. The molecule has 130 valence electrons. The molecule has 0 radical (unpaired) electrons. The van der Waals surface area contributed by atoms with E-state index in [0.29, 0.717) is 18.3 Å². The van der Waals surface area contributed by atoms with Crippen molar-refractivity contribution in [2.75, 3.05) is 19.7 Å². The fraction of sp³-hybridized carbons (Fsp3) is 0.389. The van der Waals surface area contributed by atoms with Gasteiger partial charge in [-0.2, -0.15) is 5.10 Å². The van der Waals surface area contributed by atoms with Gasteiger partial charge in [-0.15, -0.1) is 10.2 Å². The first-order valence-corrected chi connectivity index (χ1v) is 8.42. The molecule has 0 amide bonds. The highest BCUT2D eigenvalue weighted by Crippen LogP contribution is 2.33. The quantitative estimate of drug-likeness (QED) is 0.762. The largest absolute Gasteiger partial charge is 0.419 e. The van der Waals surface area contributed by atoms with E-state index >= 15 is 0 Å². The van der Waals surface area contributed by atoms with E-state index < -0.39 is 0 Å². The molecule has 0 unspecified atom stereocenters. The summed E-state index contributed by atoms with van der Waals surface area (Å²) in [4.78, 5) is 2.25. The van der Waals surface area contributed by atoms with Gasteiger partial charge < -0.3 is 9.52 Å². The monoisotopic (exact) mass is 339 g/mol. The lowest BCUT2D eigenvalue weighted by Gasteiger charge is -2.13. The highest BCUT2D eigenvalue weighted by Gasteiger charge is 2.34. The van der Waals surface area contributed by atoms with Gasteiger partial charge in [-0.3, -0.25) is 9.58 Å². The smallest absolute Gasteiger partial charge is 0.247 e. The van der Waals surface area contributed by atoms with Crippen LogP contribution in [0.4, 0.5) is 0 Å². The summed E-state index contributed by atoms with van der Waals surface area (Å²) in [6.45, 7) is 2.40. The average molecular weight is 339 g/mol. The minimum absolute atomic E-state index is 0.162. The standard InChI is InChI=1S/C18H21N5O2/c1-22-8-14(7-19-22)16-10-23(9-15(16)12-24)11-17-20-21-18(25-17)13-5-3-2-4-6-13/h2-8,15-16,24H,9-12H2,1H3/t15-,16-/m0/s1. The maximum Gasteiger partial charge on any atom is 0.247 e. The molecule has 2 atom stereocenters. The third-order valence-electron chi connectivity index (χ3n) is 4.75. The van der Waals surface area contributed by atoms with Gasteiger partial charge in [-0.25, -0.2) is 0 Å². The van der Waals surface area contributed by atoms with Gasteiger partial charge in [0.2, 0.25) is 11.8 Å². The Balaban J connectivity index is 1.46. The second kappa shape index (κ2) is 6.78. The van der Waals surface area contributed by atoms with Gasteiger partial charge in [0.15, 0.2) is 0 Å². The lowest BCUT2D eigenvalue weighted by molar-refractivity contribution is 0.210. The third kappa shape index (κ3) is 3.33. The molecule has 7 heteroatoms.